The molecule has 0 aromatic rings. The molecule has 2 atom stereocenters. The Kier molecular flexibility index (Phi) is 2.37. The van der Waals surface area contributed by atoms with E-state index in [-0.39, 0.29) is 0 Å². The van der Waals surface area contributed by atoms with Crippen molar-refractivity contribution in [2.24, 2.45) is 17.1 Å². The van der Waals surface area contributed by atoms with Crippen LogP contribution in [-0.2, 0) is 0 Å². The summed E-state index contributed by atoms with van der Waals surface area (Å²) in [7, 11) is 0. The molecule has 0 radical (unpaired) electrons. The van der Waals surface area contributed by atoms with Crippen LogP contribution in [0.15, 0.2) is 0 Å². The van der Waals surface area contributed by atoms with Gasteiger partial charge >= 0.3 is 0 Å². The van der Waals surface area contributed by atoms with E-state index in [2.05, 4.69) is 18.7 Å². The van der Waals surface area contributed by atoms with Crippen molar-refractivity contribution in [1.82, 2.24) is 4.90 Å². The van der Waals surface area contributed by atoms with Crippen LogP contribution in [0.25, 0.3) is 0 Å². The van der Waals surface area contributed by atoms with E-state index < -0.39 is 0 Å². The largest absolute Gasteiger partial charge is 0.330 e. The predicted octanol–water partition coefficient (Wildman–Crippen LogP) is 1.46. The summed E-state index contributed by atoms with van der Waals surface area (Å²) in [5.74, 6) is 1.01. The highest BCUT2D eigenvalue weighted by atomic mass is 15.2. The Morgan fingerprint density at radius 1 is 1.38 bits per heavy atom. The molecule has 2 rings (SSSR count). The highest BCUT2D eigenvalue weighted by Gasteiger charge is 2.39. The van der Waals surface area contributed by atoms with Crippen LogP contribution in [-0.4, -0.2) is 30.6 Å². The quantitative estimate of drug-likeness (QED) is 0.716. The number of nitrogens with two attached hydrogens (primary N) is 1. The zero-order chi connectivity index (χ0) is 9.47. The molecule has 0 spiro atoms. The van der Waals surface area contributed by atoms with Gasteiger partial charge < -0.3 is 5.73 Å². The Morgan fingerprint density at radius 3 is 2.62 bits per heavy atom. The number of likely N-dealkylation sites (tertiary alicyclic amines) is 1. The molecule has 2 N–H and O–H groups in total. The lowest BCUT2D eigenvalue weighted by atomic mass is 9.92. The molecule has 1 aliphatic heterocycles. The molecule has 2 heteroatoms. The first-order valence-electron chi connectivity index (χ1n) is 5.55. The van der Waals surface area contributed by atoms with Crippen LogP contribution in [0.3, 0.4) is 0 Å². The third-order valence-electron chi connectivity index (χ3n) is 3.71. The van der Waals surface area contributed by atoms with Gasteiger partial charge in [-0.15, -0.1) is 0 Å². The lowest BCUT2D eigenvalue weighted by Crippen LogP contribution is -2.42. The van der Waals surface area contributed by atoms with Crippen molar-refractivity contribution in [3.8, 4) is 0 Å². The smallest absolute Gasteiger partial charge is 0.00988 e. The van der Waals surface area contributed by atoms with Gasteiger partial charge in [0.15, 0.2) is 0 Å². The molecule has 1 saturated heterocycles. The number of piperidine rings is 1. The second-order valence-electron chi connectivity index (χ2n) is 5.63. The maximum Gasteiger partial charge on any atom is 0.00988 e. The van der Waals surface area contributed by atoms with Crippen LogP contribution in [0.4, 0.5) is 0 Å². The maximum absolute atomic E-state index is 5.76. The van der Waals surface area contributed by atoms with E-state index in [0.717, 1.165) is 18.5 Å². The van der Waals surface area contributed by atoms with Crippen molar-refractivity contribution in [2.75, 3.05) is 19.6 Å². The molecular weight excluding hydrogens is 160 g/mol. The average Bonchev–Trinajstić information content (AvgIpc) is 2.64. The van der Waals surface area contributed by atoms with Gasteiger partial charge in [0.2, 0.25) is 0 Å². The minimum absolute atomic E-state index is 0.310. The Bertz CT molecular complexity index is 189. The highest BCUT2D eigenvalue weighted by Crippen LogP contribution is 2.38. The monoisotopic (exact) mass is 182 g/mol. The van der Waals surface area contributed by atoms with Gasteiger partial charge in [-0.1, -0.05) is 13.8 Å². The van der Waals surface area contributed by atoms with Gasteiger partial charge in [-0.25, -0.2) is 0 Å². The van der Waals surface area contributed by atoms with E-state index in [9.17, 15) is 0 Å². The van der Waals surface area contributed by atoms with Crippen molar-refractivity contribution in [2.45, 2.75) is 39.2 Å². The number of hydrogen-bond acceptors (Lipinski definition) is 2. The van der Waals surface area contributed by atoms with Crippen molar-refractivity contribution in [3.63, 3.8) is 0 Å². The average molecular weight is 182 g/mol. The van der Waals surface area contributed by atoms with E-state index in [4.69, 9.17) is 5.73 Å². The lowest BCUT2D eigenvalue weighted by molar-refractivity contribution is 0.145. The summed E-state index contributed by atoms with van der Waals surface area (Å²) in [5, 5.41) is 0. The topological polar surface area (TPSA) is 29.3 Å². The molecule has 2 bridgehead atoms. The molecule has 2 unspecified atom stereocenters. The molecule has 13 heavy (non-hydrogen) atoms. The third kappa shape index (κ3) is 1.89. The minimum Gasteiger partial charge on any atom is -0.330 e. The zero-order valence-electron chi connectivity index (χ0n) is 8.92. The van der Waals surface area contributed by atoms with Gasteiger partial charge in [-0.3, -0.25) is 4.90 Å². The summed E-state index contributed by atoms with van der Waals surface area (Å²) in [6.07, 6.45) is 4.37. The molecule has 1 saturated carbocycles. The standard InChI is InChI=1S/C11H22N2/c1-11(2,7-12)8-13-6-9-3-4-10(13)5-9/h9-10H,3-8,12H2,1-2H3. The number of hydrogen-bond donors (Lipinski definition) is 1. The molecule has 2 nitrogen and oxygen atoms in total. The summed E-state index contributed by atoms with van der Waals surface area (Å²) >= 11 is 0. The van der Waals surface area contributed by atoms with E-state index in [1.165, 1.54) is 32.4 Å². The molecule has 1 heterocycles. The molecule has 2 aliphatic rings. The van der Waals surface area contributed by atoms with Crippen molar-refractivity contribution >= 4 is 0 Å². The van der Waals surface area contributed by atoms with Crippen LogP contribution in [0, 0.1) is 11.3 Å². The van der Waals surface area contributed by atoms with E-state index in [0.29, 0.717) is 5.41 Å². The van der Waals surface area contributed by atoms with Gasteiger partial charge in [0.25, 0.3) is 0 Å². The van der Waals surface area contributed by atoms with E-state index in [1.807, 2.05) is 0 Å². The molecule has 1 aliphatic carbocycles. The minimum atomic E-state index is 0.310. The van der Waals surface area contributed by atoms with Gasteiger partial charge in [0.1, 0.15) is 0 Å². The summed E-state index contributed by atoms with van der Waals surface area (Å²) in [6, 6.07) is 0.899. The first kappa shape index (κ1) is 9.47. The molecule has 0 amide bonds. The van der Waals surface area contributed by atoms with Crippen molar-refractivity contribution < 1.29 is 0 Å². The van der Waals surface area contributed by atoms with Crippen LogP contribution in [0.5, 0.6) is 0 Å². The van der Waals surface area contributed by atoms with Gasteiger partial charge in [-0.2, -0.15) is 0 Å². The van der Waals surface area contributed by atoms with Crippen LogP contribution in [0.1, 0.15) is 33.1 Å². The van der Waals surface area contributed by atoms with Crippen LogP contribution >= 0.6 is 0 Å². The number of nitrogens with zero attached hydrogens (tertiary/aromatic N) is 1. The fourth-order valence-corrected chi connectivity index (χ4v) is 2.83. The Labute approximate surface area is 81.5 Å². The number of fused-ring (bicyclic) bond motifs is 2. The highest BCUT2D eigenvalue weighted by molar-refractivity contribution is 4.93. The maximum atomic E-state index is 5.76. The van der Waals surface area contributed by atoms with Gasteiger partial charge in [0, 0.05) is 19.1 Å². The molecule has 0 aromatic carbocycles. The van der Waals surface area contributed by atoms with E-state index in [1.54, 1.807) is 0 Å². The number of rotatable bonds is 3. The fraction of sp³-hybridized carbons (Fsp3) is 1.00. The molecular formula is C11H22N2. The molecule has 0 aromatic heterocycles. The fourth-order valence-electron chi connectivity index (χ4n) is 2.83. The third-order valence-corrected chi connectivity index (χ3v) is 3.71. The lowest BCUT2D eigenvalue weighted by Gasteiger charge is -2.34. The zero-order valence-corrected chi connectivity index (χ0v) is 8.92. The van der Waals surface area contributed by atoms with Crippen molar-refractivity contribution in [1.29, 1.82) is 0 Å². The summed E-state index contributed by atoms with van der Waals surface area (Å²) in [4.78, 5) is 2.67. The van der Waals surface area contributed by atoms with E-state index >= 15 is 0 Å². The normalized spacial score (nSPS) is 34.4. The van der Waals surface area contributed by atoms with Crippen LogP contribution < -0.4 is 5.73 Å². The predicted molar refractivity (Wildman–Crippen MR) is 55.5 cm³/mol. The Morgan fingerprint density at radius 2 is 2.15 bits per heavy atom. The summed E-state index contributed by atoms with van der Waals surface area (Å²) in [5.41, 5.74) is 6.07. The Hall–Kier alpha value is -0.0800. The molecule has 2 fully saturated rings. The summed E-state index contributed by atoms with van der Waals surface area (Å²) in [6.45, 7) is 7.90. The SMILES string of the molecule is CC(C)(CN)CN1CC2CCC1C2. The molecule has 76 valence electrons. The second-order valence-corrected chi connectivity index (χ2v) is 5.63. The first-order chi connectivity index (χ1) is 6.11. The van der Waals surface area contributed by atoms with Crippen molar-refractivity contribution in [3.05, 3.63) is 0 Å². The van der Waals surface area contributed by atoms with Gasteiger partial charge in [0.05, 0.1) is 0 Å². The van der Waals surface area contributed by atoms with Crippen LogP contribution in [0.2, 0.25) is 0 Å². The Balaban J connectivity index is 1.89. The van der Waals surface area contributed by atoms with Gasteiger partial charge in [-0.05, 0) is 37.1 Å². The second kappa shape index (κ2) is 3.25. The summed E-state index contributed by atoms with van der Waals surface area (Å²) < 4.78 is 0. The first-order valence-corrected chi connectivity index (χ1v) is 5.55.